The van der Waals surface area contributed by atoms with Crippen molar-refractivity contribution in [3.8, 4) is 0 Å². The second-order valence-corrected chi connectivity index (χ2v) is 8.07. The summed E-state index contributed by atoms with van der Waals surface area (Å²) in [6.45, 7) is 3.59. The monoisotopic (exact) mass is 360 g/mol. The fourth-order valence-electron chi connectivity index (χ4n) is 4.81. The number of rotatable bonds is 1. The minimum Gasteiger partial charge on any atom is -0.377 e. The normalized spacial score (nSPS) is 16.9. The molecule has 5 nitrogen and oxygen atoms in total. The number of benzene rings is 2. The van der Waals surface area contributed by atoms with E-state index >= 15 is 0 Å². The molecule has 0 unspecified atom stereocenters. The Bertz CT molecular complexity index is 1060. The lowest BCUT2D eigenvalue weighted by Gasteiger charge is -2.38. The summed E-state index contributed by atoms with van der Waals surface area (Å²) in [5.41, 5.74) is 8.18. The summed E-state index contributed by atoms with van der Waals surface area (Å²) in [6.07, 6.45) is 4.09. The molecule has 1 spiro atoms. The Morgan fingerprint density at radius 1 is 1.22 bits per heavy atom. The highest BCUT2D eigenvalue weighted by atomic mass is 16.2. The first kappa shape index (κ1) is 16.4. The van der Waals surface area contributed by atoms with Crippen molar-refractivity contribution in [3.05, 3.63) is 52.8 Å². The lowest BCUT2D eigenvalue weighted by atomic mass is 9.83. The van der Waals surface area contributed by atoms with E-state index in [0.29, 0.717) is 0 Å². The predicted octanol–water partition coefficient (Wildman–Crippen LogP) is 3.75. The standard InChI is InChI=1S/C22H24N4O/c1-13-23-18-10-19(26(3)14(2)27)17-8-9-22(25-20(17)21(18)24-13)11-15-6-4-5-7-16(15)12-22/h4-7,10,25H,8-9,11-12H2,1-3H3,(H,23,24). The molecule has 3 aromatic rings. The van der Waals surface area contributed by atoms with Crippen molar-refractivity contribution in [1.29, 1.82) is 0 Å². The maximum atomic E-state index is 12.0. The van der Waals surface area contributed by atoms with Gasteiger partial charge in [0.2, 0.25) is 5.91 Å². The van der Waals surface area contributed by atoms with Gasteiger partial charge in [-0.25, -0.2) is 4.98 Å². The smallest absolute Gasteiger partial charge is 0.223 e. The van der Waals surface area contributed by atoms with Gasteiger partial charge in [-0.3, -0.25) is 4.79 Å². The minimum atomic E-state index is 0.0429. The molecule has 1 aliphatic carbocycles. The van der Waals surface area contributed by atoms with Gasteiger partial charge in [-0.15, -0.1) is 0 Å². The average molecular weight is 360 g/mol. The van der Waals surface area contributed by atoms with Gasteiger partial charge in [0.1, 0.15) is 11.3 Å². The Morgan fingerprint density at radius 2 is 1.93 bits per heavy atom. The highest BCUT2D eigenvalue weighted by Gasteiger charge is 2.41. The molecule has 138 valence electrons. The number of fused-ring (bicyclic) bond motifs is 4. The van der Waals surface area contributed by atoms with Crippen LogP contribution in [0.4, 0.5) is 11.4 Å². The van der Waals surface area contributed by atoms with Crippen LogP contribution in [0.15, 0.2) is 30.3 Å². The van der Waals surface area contributed by atoms with Crippen LogP contribution in [0.3, 0.4) is 0 Å². The zero-order chi connectivity index (χ0) is 18.8. The van der Waals surface area contributed by atoms with Crippen LogP contribution < -0.4 is 10.2 Å². The number of amides is 1. The zero-order valence-corrected chi connectivity index (χ0v) is 16.0. The van der Waals surface area contributed by atoms with Crippen molar-refractivity contribution in [1.82, 2.24) is 9.97 Å². The molecular formula is C22H24N4O. The number of hydrogen-bond acceptors (Lipinski definition) is 3. The Kier molecular flexibility index (Phi) is 3.39. The third-order valence-electron chi connectivity index (χ3n) is 6.23. The van der Waals surface area contributed by atoms with Crippen LogP contribution in [-0.2, 0) is 24.1 Å². The molecule has 27 heavy (non-hydrogen) atoms. The van der Waals surface area contributed by atoms with Crippen LogP contribution in [-0.4, -0.2) is 28.5 Å². The van der Waals surface area contributed by atoms with Gasteiger partial charge in [-0.2, -0.15) is 0 Å². The Morgan fingerprint density at radius 3 is 2.59 bits per heavy atom. The first-order chi connectivity index (χ1) is 13.0. The molecule has 5 heteroatoms. The number of anilines is 2. The molecule has 0 saturated carbocycles. The number of nitrogens with zero attached hydrogens (tertiary/aromatic N) is 2. The highest BCUT2D eigenvalue weighted by molar-refractivity contribution is 6.01. The van der Waals surface area contributed by atoms with Crippen molar-refractivity contribution in [3.63, 3.8) is 0 Å². The van der Waals surface area contributed by atoms with Gasteiger partial charge in [0.15, 0.2) is 0 Å². The SMILES string of the molecule is CC(=O)N(C)c1cc2[nH]c(C)nc2c2c1CCC1(Cc3ccccc3C1)N2. The van der Waals surface area contributed by atoms with Crippen LogP contribution in [0.2, 0.25) is 0 Å². The molecule has 0 bridgehead atoms. The van der Waals surface area contributed by atoms with Crippen LogP contribution >= 0.6 is 0 Å². The molecule has 2 aromatic carbocycles. The molecular weight excluding hydrogens is 336 g/mol. The summed E-state index contributed by atoms with van der Waals surface area (Å²) in [6, 6.07) is 10.8. The van der Waals surface area contributed by atoms with E-state index < -0.39 is 0 Å². The van der Waals surface area contributed by atoms with Crippen molar-refractivity contribution >= 4 is 28.3 Å². The molecule has 1 aromatic heterocycles. The first-order valence-corrected chi connectivity index (χ1v) is 9.57. The van der Waals surface area contributed by atoms with Crippen molar-refractivity contribution in [2.75, 3.05) is 17.3 Å². The number of H-pyrrole nitrogens is 1. The molecule has 2 N–H and O–H groups in total. The second kappa shape index (κ2) is 5.59. The summed E-state index contributed by atoms with van der Waals surface area (Å²) < 4.78 is 0. The maximum Gasteiger partial charge on any atom is 0.223 e. The van der Waals surface area contributed by atoms with Crippen molar-refractivity contribution in [2.45, 2.75) is 45.1 Å². The Labute approximate surface area is 158 Å². The largest absolute Gasteiger partial charge is 0.377 e. The molecule has 5 rings (SSSR count). The molecule has 2 heterocycles. The van der Waals surface area contributed by atoms with Gasteiger partial charge in [-0.1, -0.05) is 24.3 Å². The van der Waals surface area contributed by atoms with Gasteiger partial charge < -0.3 is 15.2 Å². The molecule has 1 amide bonds. The molecule has 0 atom stereocenters. The number of aromatic nitrogens is 2. The van der Waals surface area contributed by atoms with Gasteiger partial charge in [0.25, 0.3) is 0 Å². The summed E-state index contributed by atoms with van der Waals surface area (Å²) in [7, 11) is 1.85. The maximum absolute atomic E-state index is 12.0. The number of hydrogen-bond donors (Lipinski definition) is 2. The number of aryl methyl sites for hydroxylation is 1. The predicted molar refractivity (Wildman–Crippen MR) is 108 cm³/mol. The van der Waals surface area contributed by atoms with Gasteiger partial charge in [0, 0.05) is 25.1 Å². The summed E-state index contributed by atoms with van der Waals surface area (Å²) in [5.74, 6) is 0.937. The molecule has 2 aliphatic rings. The number of imidazole rings is 1. The van der Waals surface area contributed by atoms with Crippen LogP contribution in [0.5, 0.6) is 0 Å². The van der Waals surface area contributed by atoms with E-state index in [1.165, 1.54) is 16.7 Å². The Balaban J connectivity index is 1.65. The number of nitrogens with one attached hydrogen (secondary N) is 2. The van der Waals surface area contributed by atoms with Gasteiger partial charge in [0.05, 0.1) is 16.9 Å². The lowest BCUT2D eigenvalue weighted by molar-refractivity contribution is -0.116. The second-order valence-electron chi connectivity index (χ2n) is 8.07. The number of aromatic amines is 1. The fourth-order valence-corrected chi connectivity index (χ4v) is 4.81. The number of carbonyl (C=O) groups is 1. The summed E-state index contributed by atoms with van der Waals surface area (Å²) in [5, 5.41) is 3.89. The summed E-state index contributed by atoms with van der Waals surface area (Å²) >= 11 is 0. The third kappa shape index (κ3) is 2.45. The van der Waals surface area contributed by atoms with Gasteiger partial charge in [-0.05, 0) is 49.8 Å². The quantitative estimate of drug-likeness (QED) is 0.695. The van der Waals surface area contributed by atoms with E-state index in [2.05, 4.69) is 40.6 Å². The topological polar surface area (TPSA) is 61.0 Å². The van der Waals surface area contributed by atoms with Crippen LogP contribution in [0.25, 0.3) is 11.0 Å². The lowest BCUT2D eigenvalue weighted by Crippen LogP contribution is -2.43. The first-order valence-electron chi connectivity index (χ1n) is 9.57. The highest BCUT2D eigenvalue weighted by Crippen LogP contribution is 2.45. The summed E-state index contributed by atoms with van der Waals surface area (Å²) in [4.78, 5) is 21.9. The third-order valence-corrected chi connectivity index (χ3v) is 6.23. The molecule has 0 fully saturated rings. The van der Waals surface area contributed by atoms with E-state index in [1.807, 2.05) is 14.0 Å². The Hall–Kier alpha value is -2.82. The molecule has 0 radical (unpaired) electrons. The van der Waals surface area contributed by atoms with Gasteiger partial charge >= 0.3 is 0 Å². The number of carbonyl (C=O) groups excluding carboxylic acids is 1. The van der Waals surface area contributed by atoms with Crippen molar-refractivity contribution in [2.24, 2.45) is 0 Å². The zero-order valence-electron chi connectivity index (χ0n) is 16.0. The average Bonchev–Trinajstić information content (AvgIpc) is 3.19. The van der Waals surface area contributed by atoms with E-state index in [4.69, 9.17) is 4.98 Å². The van der Waals surface area contributed by atoms with E-state index in [1.54, 1.807) is 11.8 Å². The fraction of sp³-hybridized carbons (Fsp3) is 0.364. The minimum absolute atomic E-state index is 0.0429. The van der Waals surface area contributed by atoms with Crippen molar-refractivity contribution < 1.29 is 4.79 Å². The molecule has 0 saturated heterocycles. The molecule has 1 aliphatic heterocycles. The van der Waals surface area contributed by atoms with Crippen LogP contribution in [0, 0.1) is 6.92 Å². The van der Waals surface area contributed by atoms with E-state index in [-0.39, 0.29) is 11.4 Å². The van der Waals surface area contributed by atoms with Crippen LogP contribution in [0.1, 0.15) is 35.9 Å². The van der Waals surface area contributed by atoms with E-state index in [0.717, 1.165) is 53.9 Å². The van der Waals surface area contributed by atoms with E-state index in [9.17, 15) is 4.79 Å².